The summed E-state index contributed by atoms with van der Waals surface area (Å²) >= 11 is 0. The highest BCUT2D eigenvalue weighted by molar-refractivity contribution is 6.05. The molecule has 3 nitrogen and oxygen atoms in total. The van der Waals surface area contributed by atoms with E-state index in [0.29, 0.717) is 6.54 Å². The van der Waals surface area contributed by atoms with Gasteiger partial charge in [-0.05, 0) is 18.4 Å². The summed E-state index contributed by atoms with van der Waals surface area (Å²) in [4.78, 5) is 25.7. The molecule has 1 aliphatic heterocycles. The summed E-state index contributed by atoms with van der Waals surface area (Å²) in [6.07, 6.45) is 0. The Hall–Kier alpha value is -1.64. The number of hydrogen-bond acceptors (Lipinski definition) is 2. The Bertz CT molecular complexity index is 455. The molecule has 1 aromatic rings. The molecule has 0 spiro atoms. The summed E-state index contributed by atoms with van der Waals surface area (Å²) in [7, 11) is 0. The number of likely N-dealkylation sites (tertiary alicyclic amines) is 1. The van der Waals surface area contributed by atoms with E-state index < -0.39 is 0 Å². The molecule has 0 bridgehead atoms. The third-order valence-corrected chi connectivity index (χ3v) is 3.93. The molecule has 0 aliphatic carbocycles. The van der Waals surface area contributed by atoms with Crippen LogP contribution in [0.15, 0.2) is 30.3 Å². The largest absolute Gasteiger partial charge is 0.282 e. The summed E-state index contributed by atoms with van der Waals surface area (Å²) in [5.74, 6) is -0.414. The predicted octanol–water partition coefficient (Wildman–Crippen LogP) is 2.43. The van der Waals surface area contributed by atoms with E-state index in [1.807, 2.05) is 51.1 Å². The molecule has 0 radical (unpaired) electrons. The van der Waals surface area contributed by atoms with E-state index in [0.717, 1.165) is 5.56 Å². The highest BCUT2D eigenvalue weighted by atomic mass is 16.2. The molecule has 1 aromatic carbocycles. The minimum Gasteiger partial charge on any atom is -0.282 e. The van der Waals surface area contributed by atoms with Gasteiger partial charge in [-0.15, -0.1) is 0 Å². The zero-order valence-electron chi connectivity index (χ0n) is 11.1. The van der Waals surface area contributed by atoms with Crippen LogP contribution in [0.5, 0.6) is 0 Å². The Morgan fingerprint density at radius 3 is 2.28 bits per heavy atom. The molecule has 96 valence electrons. The van der Waals surface area contributed by atoms with Crippen molar-refractivity contribution in [2.24, 2.45) is 11.8 Å². The van der Waals surface area contributed by atoms with Crippen molar-refractivity contribution in [1.29, 1.82) is 0 Å². The van der Waals surface area contributed by atoms with E-state index in [9.17, 15) is 9.59 Å². The number of hydrogen-bond donors (Lipinski definition) is 0. The minimum absolute atomic E-state index is 0.0219. The van der Waals surface area contributed by atoms with Gasteiger partial charge in [0.1, 0.15) is 0 Å². The maximum Gasteiger partial charge on any atom is 0.233 e. The third-order valence-electron chi connectivity index (χ3n) is 3.93. The molecule has 0 aromatic heterocycles. The quantitative estimate of drug-likeness (QED) is 0.767. The van der Waals surface area contributed by atoms with Crippen molar-refractivity contribution >= 4 is 11.8 Å². The van der Waals surface area contributed by atoms with Crippen LogP contribution < -0.4 is 0 Å². The Morgan fingerprint density at radius 1 is 1.17 bits per heavy atom. The second-order valence-electron chi connectivity index (χ2n) is 4.93. The zero-order chi connectivity index (χ0) is 13.3. The van der Waals surface area contributed by atoms with Gasteiger partial charge < -0.3 is 0 Å². The van der Waals surface area contributed by atoms with Crippen LogP contribution in [-0.4, -0.2) is 23.3 Å². The number of carbonyl (C=O) groups excluding carboxylic acids is 2. The van der Waals surface area contributed by atoms with Gasteiger partial charge in [0, 0.05) is 12.5 Å². The fraction of sp³-hybridized carbons (Fsp3) is 0.467. The molecular weight excluding hydrogens is 226 g/mol. The molecule has 18 heavy (non-hydrogen) atoms. The number of carbonyl (C=O) groups is 2. The summed E-state index contributed by atoms with van der Waals surface area (Å²) in [5, 5.41) is 0. The lowest BCUT2D eigenvalue weighted by Gasteiger charge is -2.20. The van der Waals surface area contributed by atoms with Gasteiger partial charge in [0.25, 0.3) is 0 Å². The van der Waals surface area contributed by atoms with Crippen LogP contribution in [0.25, 0.3) is 0 Å². The molecule has 1 fully saturated rings. The van der Waals surface area contributed by atoms with Crippen molar-refractivity contribution in [2.45, 2.75) is 26.7 Å². The second-order valence-corrected chi connectivity index (χ2v) is 4.93. The standard InChI is InChI=1S/C15H19NO2/c1-4-16-14(17)11(3)13(15(16)18)10(2)12-8-6-5-7-9-12/h5-11,13H,4H2,1-3H3. The van der Waals surface area contributed by atoms with Crippen LogP contribution in [0.4, 0.5) is 0 Å². The van der Waals surface area contributed by atoms with E-state index in [1.54, 1.807) is 0 Å². The van der Waals surface area contributed by atoms with Crippen molar-refractivity contribution in [3.63, 3.8) is 0 Å². The first kappa shape index (κ1) is 12.8. The average Bonchev–Trinajstić information content (AvgIpc) is 2.60. The minimum atomic E-state index is -0.222. The molecule has 1 heterocycles. The third kappa shape index (κ3) is 1.94. The zero-order valence-corrected chi connectivity index (χ0v) is 11.1. The van der Waals surface area contributed by atoms with Crippen molar-refractivity contribution < 1.29 is 9.59 Å². The lowest BCUT2D eigenvalue weighted by molar-refractivity contribution is -0.139. The van der Waals surface area contributed by atoms with Gasteiger partial charge in [-0.1, -0.05) is 44.2 Å². The van der Waals surface area contributed by atoms with Crippen LogP contribution in [0, 0.1) is 11.8 Å². The second kappa shape index (κ2) is 4.92. The van der Waals surface area contributed by atoms with Crippen molar-refractivity contribution in [3.05, 3.63) is 35.9 Å². The van der Waals surface area contributed by atoms with Crippen LogP contribution in [0.1, 0.15) is 32.3 Å². The highest BCUT2D eigenvalue weighted by Crippen LogP contribution is 2.37. The number of benzene rings is 1. The molecule has 1 saturated heterocycles. The van der Waals surface area contributed by atoms with Gasteiger partial charge in [0.15, 0.2) is 0 Å². The maximum absolute atomic E-state index is 12.3. The van der Waals surface area contributed by atoms with Gasteiger partial charge in [-0.3, -0.25) is 14.5 Å². The maximum atomic E-state index is 12.3. The van der Waals surface area contributed by atoms with E-state index in [1.165, 1.54) is 4.90 Å². The molecule has 3 heteroatoms. The molecule has 1 aliphatic rings. The first-order chi connectivity index (χ1) is 8.57. The Kier molecular flexibility index (Phi) is 3.50. The fourth-order valence-electron chi connectivity index (χ4n) is 2.82. The Labute approximate surface area is 108 Å². The lowest BCUT2D eigenvalue weighted by atomic mass is 9.81. The Morgan fingerprint density at radius 2 is 1.78 bits per heavy atom. The van der Waals surface area contributed by atoms with Crippen LogP contribution in [-0.2, 0) is 9.59 Å². The van der Waals surface area contributed by atoms with E-state index >= 15 is 0 Å². The SMILES string of the molecule is CCN1C(=O)C(C)C(C(C)c2ccccc2)C1=O. The first-order valence-electron chi connectivity index (χ1n) is 6.48. The normalized spacial score (nSPS) is 25.6. The smallest absolute Gasteiger partial charge is 0.233 e. The van der Waals surface area contributed by atoms with E-state index in [2.05, 4.69) is 0 Å². The van der Waals surface area contributed by atoms with Gasteiger partial charge in [0.05, 0.1) is 5.92 Å². The number of nitrogens with zero attached hydrogens (tertiary/aromatic N) is 1. The average molecular weight is 245 g/mol. The van der Waals surface area contributed by atoms with Crippen molar-refractivity contribution in [1.82, 2.24) is 4.90 Å². The predicted molar refractivity (Wildman–Crippen MR) is 69.9 cm³/mol. The summed E-state index contributed by atoms with van der Waals surface area (Å²) in [6.45, 7) is 6.21. The number of imide groups is 1. The molecule has 0 saturated carbocycles. The van der Waals surface area contributed by atoms with Crippen molar-refractivity contribution in [3.8, 4) is 0 Å². The topological polar surface area (TPSA) is 37.4 Å². The van der Waals surface area contributed by atoms with Crippen LogP contribution in [0.2, 0.25) is 0 Å². The first-order valence-corrected chi connectivity index (χ1v) is 6.48. The number of amides is 2. The summed E-state index contributed by atoms with van der Waals surface area (Å²) in [5.41, 5.74) is 1.12. The molecule has 2 amide bonds. The highest BCUT2D eigenvalue weighted by Gasteiger charge is 2.46. The van der Waals surface area contributed by atoms with E-state index in [-0.39, 0.29) is 29.6 Å². The molecule has 3 unspecified atom stereocenters. The summed E-state index contributed by atoms with van der Waals surface area (Å²) < 4.78 is 0. The number of rotatable bonds is 3. The molecule has 3 atom stereocenters. The molecular formula is C15H19NO2. The van der Waals surface area contributed by atoms with Gasteiger partial charge in [0.2, 0.25) is 11.8 Å². The van der Waals surface area contributed by atoms with Crippen molar-refractivity contribution in [2.75, 3.05) is 6.54 Å². The molecule has 2 rings (SSSR count). The lowest BCUT2D eigenvalue weighted by Crippen LogP contribution is -2.31. The monoisotopic (exact) mass is 245 g/mol. The summed E-state index contributed by atoms with van der Waals surface area (Å²) in [6, 6.07) is 9.93. The fourth-order valence-corrected chi connectivity index (χ4v) is 2.82. The van der Waals surface area contributed by atoms with E-state index in [4.69, 9.17) is 0 Å². The Balaban J connectivity index is 2.29. The van der Waals surface area contributed by atoms with Crippen LogP contribution >= 0.6 is 0 Å². The van der Waals surface area contributed by atoms with Gasteiger partial charge in [-0.2, -0.15) is 0 Å². The van der Waals surface area contributed by atoms with Gasteiger partial charge >= 0.3 is 0 Å². The van der Waals surface area contributed by atoms with Crippen LogP contribution in [0.3, 0.4) is 0 Å². The molecule has 0 N–H and O–H groups in total. The van der Waals surface area contributed by atoms with Gasteiger partial charge in [-0.25, -0.2) is 0 Å².